The quantitative estimate of drug-likeness (QED) is 0.671. The van der Waals surface area contributed by atoms with Gasteiger partial charge >= 0.3 is 12.0 Å². The first-order valence-electron chi connectivity index (χ1n) is 10.9. The topological polar surface area (TPSA) is 101 Å². The standard InChI is InChI=1S/C23H31N3O5/c1-24(2)22(17-7-4-3-5-8-17)11-13-23(14-12-22)19(29)25(15-18(27)28)20(30)26(23)16-21(31)9-6-10-21/h3-5,7-8,31H,6,9-16H2,1-2H3,(H,27,28)/t22-,23+. The molecule has 1 spiro atoms. The molecule has 2 N–H and O–H groups in total. The smallest absolute Gasteiger partial charge is 0.328 e. The van der Waals surface area contributed by atoms with Crippen molar-refractivity contribution in [1.29, 1.82) is 0 Å². The Balaban J connectivity index is 1.67. The van der Waals surface area contributed by atoms with E-state index in [0.29, 0.717) is 38.5 Å². The van der Waals surface area contributed by atoms with Crippen molar-refractivity contribution in [1.82, 2.24) is 14.7 Å². The largest absolute Gasteiger partial charge is 0.480 e. The van der Waals surface area contributed by atoms with Crippen molar-refractivity contribution < 1.29 is 24.6 Å². The van der Waals surface area contributed by atoms with Crippen LogP contribution in [0.1, 0.15) is 50.5 Å². The van der Waals surface area contributed by atoms with Gasteiger partial charge in [-0.05, 0) is 64.6 Å². The highest BCUT2D eigenvalue weighted by Crippen LogP contribution is 2.50. The minimum absolute atomic E-state index is 0.0774. The van der Waals surface area contributed by atoms with Gasteiger partial charge in [0.2, 0.25) is 0 Å². The highest BCUT2D eigenvalue weighted by Gasteiger charge is 2.62. The summed E-state index contributed by atoms with van der Waals surface area (Å²) in [5.74, 6) is -1.66. The van der Waals surface area contributed by atoms with Crippen molar-refractivity contribution in [3.8, 4) is 0 Å². The van der Waals surface area contributed by atoms with E-state index in [0.717, 1.165) is 16.9 Å². The van der Waals surface area contributed by atoms with Crippen LogP contribution in [0, 0.1) is 0 Å². The molecular weight excluding hydrogens is 398 g/mol. The van der Waals surface area contributed by atoms with Gasteiger partial charge in [0, 0.05) is 5.54 Å². The first-order chi connectivity index (χ1) is 14.6. The molecule has 3 amide bonds. The summed E-state index contributed by atoms with van der Waals surface area (Å²) in [5, 5.41) is 20.0. The Morgan fingerprint density at radius 2 is 1.65 bits per heavy atom. The molecule has 4 rings (SSSR count). The van der Waals surface area contributed by atoms with Gasteiger partial charge in [-0.15, -0.1) is 0 Å². The van der Waals surface area contributed by atoms with Crippen LogP contribution in [0.15, 0.2) is 30.3 Å². The lowest BCUT2D eigenvalue weighted by atomic mass is 9.67. The van der Waals surface area contributed by atoms with Crippen molar-refractivity contribution >= 4 is 17.9 Å². The fraction of sp³-hybridized carbons (Fsp3) is 0.609. The molecule has 168 valence electrons. The predicted molar refractivity (Wildman–Crippen MR) is 113 cm³/mol. The Hall–Kier alpha value is -2.45. The van der Waals surface area contributed by atoms with Gasteiger partial charge in [0.25, 0.3) is 5.91 Å². The Labute approximate surface area is 182 Å². The first kappa shape index (κ1) is 21.8. The minimum Gasteiger partial charge on any atom is -0.480 e. The Kier molecular flexibility index (Phi) is 5.34. The van der Waals surface area contributed by atoms with Gasteiger partial charge < -0.3 is 15.1 Å². The van der Waals surface area contributed by atoms with Crippen LogP contribution >= 0.6 is 0 Å². The summed E-state index contributed by atoms with van der Waals surface area (Å²) in [6.45, 7) is -0.570. The second-order valence-electron chi connectivity index (χ2n) is 9.56. The molecule has 8 nitrogen and oxygen atoms in total. The highest BCUT2D eigenvalue weighted by atomic mass is 16.4. The highest BCUT2D eigenvalue weighted by molar-refractivity contribution is 6.08. The summed E-state index contributed by atoms with van der Waals surface area (Å²) in [7, 11) is 4.05. The maximum absolute atomic E-state index is 13.5. The van der Waals surface area contributed by atoms with Crippen molar-refractivity contribution in [3.63, 3.8) is 0 Å². The predicted octanol–water partition coefficient (Wildman–Crippen LogP) is 2.02. The summed E-state index contributed by atoms with van der Waals surface area (Å²) in [4.78, 5) is 42.5. The monoisotopic (exact) mass is 429 g/mol. The van der Waals surface area contributed by atoms with Crippen molar-refractivity contribution in [2.75, 3.05) is 27.2 Å². The molecule has 2 saturated carbocycles. The summed E-state index contributed by atoms with van der Waals surface area (Å²) in [5.41, 5.74) is -1.18. The van der Waals surface area contributed by atoms with Gasteiger partial charge in [0.15, 0.2) is 0 Å². The van der Waals surface area contributed by atoms with E-state index < -0.39 is 35.6 Å². The molecule has 3 aliphatic rings. The number of β-amino-alcohol motifs (C(OH)–C–C–N with tert-alkyl or cyclic N) is 1. The molecule has 0 radical (unpaired) electrons. The third-order valence-electron chi connectivity index (χ3n) is 7.72. The molecule has 1 aromatic carbocycles. The number of urea groups is 1. The number of hydrogen-bond acceptors (Lipinski definition) is 5. The Morgan fingerprint density at radius 1 is 1.03 bits per heavy atom. The average Bonchev–Trinajstić information content (AvgIpc) is 2.90. The second-order valence-corrected chi connectivity index (χ2v) is 9.56. The molecule has 2 aliphatic carbocycles. The fourth-order valence-corrected chi connectivity index (χ4v) is 5.62. The zero-order valence-corrected chi connectivity index (χ0v) is 18.2. The zero-order chi connectivity index (χ0) is 22.4. The Morgan fingerprint density at radius 3 is 2.13 bits per heavy atom. The molecule has 31 heavy (non-hydrogen) atoms. The molecule has 0 aromatic heterocycles. The number of aliphatic carboxylic acids is 1. The van der Waals surface area contributed by atoms with Gasteiger partial charge in [0.05, 0.1) is 12.1 Å². The molecule has 1 aromatic rings. The molecule has 0 bridgehead atoms. The lowest BCUT2D eigenvalue weighted by Gasteiger charge is -2.51. The molecule has 1 heterocycles. The van der Waals surface area contributed by atoms with Crippen molar-refractivity contribution in [2.45, 2.75) is 61.6 Å². The van der Waals surface area contributed by atoms with Crippen LogP contribution in [0.2, 0.25) is 0 Å². The van der Waals surface area contributed by atoms with E-state index in [2.05, 4.69) is 17.0 Å². The SMILES string of the molecule is CN(C)[C@]1(c2ccccc2)CC[C@]2(CC1)C(=O)N(CC(=O)O)C(=O)N2CC1(O)CCC1. The van der Waals surface area contributed by atoms with Gasteiger partial charge in [-0.25, -0.2) is 4.79 Å². The molecule has 3 fully saturated rings. The van der Waals surface area contributed by atoms with Crippen LogP contribution in [0.3, 0.4) is 0 Å². The van der Waals surface area contributed by atoms with Crippen LogP contribution in [-0.4, -0.2) is 81.1 Å². The summed E-state index contributed by atoms with van der Waals surface area (Å²) < 4.78 is 0. The van der Waals surface area contributed by atoms with E-state index in [4.69, 9.17) is 0 Å². The van der Waals surface area contributed by atoms with Gasteiger partial charge in [0.1, 0.15) is 12.1 Å². The van der Waals surface area contributed by atoms with Crippen LogP contribution in [0.25, 0.3) is 0 Å². The summed E-state index contributed by atoms with van der Waals surface area (Å²) in [6, 6.07) is 9.56. The van der Waals surface area contributed by atoms with Crippen molar-refractivity contribution in [2.24, 2.45) is 0 Å². The molecular formula is C23H31N3O5. The van der Waals surface area contributed by atoms with E-state index in [1.54, 1.807) is 0 Å². The minimum atomic E-state index is -1.22. The fourth-order valence-electron chi connectivity index (χ4n) is 5.62. The zero-order valence-electron chi connectivity index (χ0n) is 18.2. The Bertz CT molecular complexity index is 872. The number of carboxylic acids is 1. The van der Waals surface area contributed by atoms with E-state index in [9.17, 15) is 24.6 Å². The number of carbonyl (C=O) groups excluding carboxylic acids is 2. The van der Waals surface area contributed by atoms with Crippen LogP contribution in [0.4, 0.5) is 4.79 Å². The number of imide groups is 1. The van der Waals surface area contributed by atoms with Gasteiger partial charge in [-0.2, -0.15) is 0 Å². The normalized spacial score (nSPS) is 30.2. The lowest BCUT2D eigenvalue weighted by molar-refractivity contribution is -0.145. The molecule has 1 aliphatic heterocycles. The number of rotatable bonds is 6. The van der Waals surface area contributed by atoms with Gasteiger partial charge in [-0.1, -0.05) is 30.3 Å². The third-order valence-corrected chi connectivity index (χ3v) is 7.72. The summed E-state index contributed by atoms with van der Waals surface area (Å²) >= 11 is 0. The number of aliphatic hydroxyl groups is 1. The lowest BCUT2D eigenvalue weighted by Crippen LogP contribution is -2.60. The maximum atomic E-state index is 13.5. The second kappa shape index (κ2) is 7.60. The number of carboxylic acid groups (broad SMARTS) is 1. The van der Waals surface area contributed by atoms with E-state index in [1.165, 1.54) is 4.90 Å². The molecule has 1 saturated heterocycles. The number of carbonyl (C=O) groups is 3. The maximum Gasteiger partial charge on any atom is 0.328 e. The third kappa shape index (κ3) is 3.42. The molecule has 0 atom stereocenters. The van der Waals surface area contributed by atoms with Gasteiger partial charge in [-0.3, -0.25) is 19.4 Å². The van der Waals surface area contributed by atoms with Crippen LogP contribution < -0.4 is 0 Å². The number of amides is 3. The first-order valence-corrected chi connectivity index (χ1v) is 10.9. The number of nitrogens with zero attached hydrogens (tertiary/aromatic N) is 3. The number of benzene rings is 1. The summed E-state index contributed by atoms with van der Waals surface area (Å²) in [6.07, 6.45) is 4.22. The van der Waals surface area contributed by atoms with E-state index >= 15 is 0 Å². The van der Waals surface area contributed by atoms with E-state index in [-0.39, 0.29) is 12.1 Å². The average molecular weight is 430 g/mol. The molecule has 0 unspecified atom stereocenters. The number of hydrogen-bond donors (Lipinski definition) is 2. The van der Waals surface area contributed by atoms with Crippen LogP contribution in [-0.2, 0) is 15.1 Å². The van der Waals surface area contributed by atoms with E-state index in [1.807, 2.05) is 32.3 Å². The molecule has 8 heteroatoms. The van der Waals surface area contributed by atoms with Crippen LogP contribution in [0.5, 0.6) is 0 Å². The van der Waals surface area contributed by atoms with Crippen molar-refractivity contribution in [3.05, 3.63) is 35.9 Å².